The number of fused-ring (bicyclic) bond motifs is 1. The number of amides is 1. The van der Waals surface area contributed by atoms with E-state index in [1.54, 1.807) is 29.2 Å². The van der Waals surface area contributed by atoms with E-state index >= 15 is 0 Å². The van der Waals surface area contributed by atoms with Crippen LogP contribution >= 0.6 is 11.3 Å². The van der Waals surface area contributed by atoms with Gasteiger partial charge >= 0.3 is 0 Å². The first-order chi connectivity index (χ1) is 15.7. The Kier molecular flexibility index (Phi) is 6.63. The highest BCUT2D eigenvalue weighted by Gasteiger charge is 2.23. The lowest BCUT2D eigenvalue weighted by Crippen LogP contribution is -2.31. The number of anilines is 1. The van der Waals surface area contributed by atoms with Crippen molar-refractivity contribution in [1.29, 1.82) is 0 Å². The summed E-state index contributed by atoms with van der Waals surface area (Å²) in [6.45, 7) is 6.33. The summed E-state index contributed by atoms with van der Waals surface area (Å²) < 4.78 is 26.6. The van der Waals surface area contributed by atoms with Crippen LogP contribution in [0.25, 0.3) is 10.2 Å². The van der Waals surface area contributed by atoms with Crippen molar-refractivity contribution in [1.82, 2.24) is 4.98 Å². The quantitative estimate of drug-likeness (QED) is 0.346. The minimum atomic E-state index is -3.56. The molecule has 0 aliphatic heterocycles. The molecule has 0 fully saturated rings. The maximum atomic E-state index is 13.3. The average molecular weight is 479 g/mol. The second-order valence-corrected chi connectivity index (χ2v) is 11.4. The molecule has 170 valence electrons. The first kappa shape index (κ1) is 23.1. The number of thiazole rings is 1. The second-order valence-electron chi connectivity index (χ2n) is 8.25. The van der Waals surface area contributed by atoms with Gasteiger partial charge in [-0.25, -0.2) is 13.4 Å². The topological polar surface area (TPSA) is 67.3 Å². The molecule has 1 aromatic heterocycles. The number of hydrogen-bond donors (Lipinski definition) is 0. The van der Waals surface area contributed by atoms with E-state index in [-0.39, 0.29) is 23.0 Å². The Morgan fingerprint density at radius 1 is 0.939 bits per heavy atom. The Hall–Kier alpha value is -3.03. The summed E-state index contributed by atoms with van der Waals surface area (Å²) >= 11 is 1.45. The standard InChI is InChI=1S/C26H26N2O3S2/c1-18-9-11-22(12-10-18)33(30,31)14-13-25(29)28(17-21-7-5-4-6-8-21)26-27-23-15-19(2)20(3)16-24(23)32-26/h4-12,15-16H,13-14,17H2,1-3H3. The lowest BCUT2D eigenvalue weighted by atomic mass is 10.1. The number of sulfone groups is 1. The van der Waals surface area contributed by atoms with E-state index in [1.165, 1.54) is 16.9 Å². The minimum absolute atomic E-state index is 0.114. The molecule has 0 saturated heterocycles. The van der Waals surface area contributed by atoms with Gasteiger partial charge in [0.1, 0.15) is 0 Å². The first-order valence-corrected chi connectivity index (χ1v) is 13.2. The van der Waals surface area contributed by atoms with Gasteiger partial charge in [0.25, 0.3) is 0 Å². The molecule has 5 nitrogen and oxygen atoms in total. The van der Waals surface area contributed by atoms with E-state index in [0.717, 1.165) is 26.9 Å². The van der Waals surface area contributed by atoms with Crippen LogP contribution in [0.4, 0.5) is 5.13 Å². The van der Waals surface area contributed by atoms with Gasteiger partial charge in [-0.2, -0.15) is 0 Å². The summed E-state index contributed by atoms with van der Waals surface area (Å²) in [6, 6.07) is 20.5. The van der Waals surface area contributed by atoms with Crippen molar-refractivity contribution in [2.75, 3.05) is 10.7 Å². The van der Waals surface area contributed by atoms with Gasteiger partial charge in [-0.05, 0) is 61.7 Å². The Labute approximate surface area is 198 Å². The zero-order valence-electron chi connectivity index (χ0n) is 18.9. The summed E-state index contributed by atoms with van der Waals surface area (Å²) in [5.41, 5.74) is 5.10. The number of rotatable bonds is 7. The Balaban J connectivity index is 1.62. The van der Waals surface area contributed by atoms with Crippen LogP contribution < -0.4 is 4.90 Å². The summed E-state index contributed by atoms with van der Waals surface area (Å²) in [7, 11) is -3.56. The number of carbonyl (C=O) groups excluding carboxylic acids is 1. The molecule has 7 heteroatoms. The van der Waals surface area contributed by atoms with E-state index < -0.39 is 9.84 Å². The summed E-state index contributed by atoms with van der Waals surface area (Å²) in [6.07, 6.45) is -0.114. The summed E-state index contributed by atoms with van der Waals surface area (Å²) in [4.78, 5) is 19.9. The van der Waals surface area contributed by atoms with Gasteiger partial charge in [0, 0.05) is 6.42 Å². The molecule has 0 spiro atoms. The van der Waals surface area contributed by atoms with Gasteiger partial charge < -0.3 is 0 Å². The van der Waals surface area contributed by atoms with Crippen molar-refractivity contribution < 1.29 is 13.2 Å². The molecule has 0 bridgehead atoms. The minimum Gasteiger partial charge on any atom is -0.284 e. The molecule has 1 amide bonds. The third-order valence-corrected chi connectivity index (χ3v) is 8.45. The zero-order chi connectivity index (χ0) is 23.6. The molecule has 0 aliphatic carbocycles. The highest BCUT2D eigenvalue weighted by Crippen LogP contribution is 2.32. The van der Waals surface area contributed by atoms with Crippen molar-refractivity contribution in [2.24, 2.45) is 0 Å². The van der Waals surface area contributed by atoms with Crippen molar-refractivity contribution in [3.8, 4) is 0 Å². The van der Waals surface area contributed by atoms with Gasteiger partial charge in [-0.15, -0.1) is 0 Å². The Morgan fingerprint density at radius 3 is 2.30 bits per heavy atom. The number of aromatic nitrogens is 1. The molecule has 3 aromatic carbocycles. The van der Waals surface area contributed by atoms with Gasteiger partial charge in [0.05, 0.1) is 27.4 Å². The molecular formula is C26H26N2O3S2. The van der Waals surface area contributed by atoms with Crippen LogP contribution in [0.2, 0.25) is 0 Å². The highest BCUT2D eigenvalue weighted by atomic mass is 32.2. The number of benzene rings is 3. The molecule has 0 radical (unpaired) electrons. The molecule has 0 aliphatic rings. The van der Waals surface area contributed by atoms with Crippen molar-refractivity contribution in [2.45, 2.75) is 38.6 Å². The number of aryl methyl sites for hydroxylation is 3. The van der Waals surface area contributed by atoms with Crippen molar-refractivity contribution in [3.05, 3.63) is 89.0 Å². The SMILES string of the molecule is Cc1ccc(S(=O)(=O)CCC(=O)N(Cc2ccccc2)c2nc3cc(C)c(C)cc3s2)cc1. The van der Waals surface area contributed by atoms with E-state index in [4.69, 9.17) is 4.98 Å². The largest absolute Gasteiger partial charge is 0.284 e. The highest BCUT2D eigenvalue weighted by molar-refractivity contribution is 7.91. The van der Waals surface area contributed by atoms with Gasteiger partial charge in [0.15, 0.2) is 15.0 Å². The first-order valence-electron chi connectivity index (χ1n) is 10.7. The molecule has 0 saturated carbocycles. The van der Waals surface area contributed by atoms with Gasteiger partial charge in [-0.3, -0.25) is 9.69 Å². The van der Waals surface area contributed by atoms with E-state index in [9.17, 15) is 13.2 Å². The fraction of sp³-hybridized carbons (Fsp3) is 0.231. The Morgan fingerprint density at radius 2 is 1.61 bits per heavy atom. The van der Waals surface area contributed by atoms with Crippen LogP contribution in [-0.4, -0.2) is 25.1 Å². The smallest absolute Gasteiger partial charge is 0.230 e. The molecule has 0 unspecified atom stereocenters. The zero-order valence-corrected chi connectivity index (χ0v) is 20.5. The fourth-order valence-electron chi connectivity index (χ4n) is 3.53. The average Bonchev–Trinajstić information content (AvgIpc) is 3.19. The number of nitrogens with zero attached hydrogens (tertiary/aromatic N) is 2. The Bertz CT molecular complexity index is 1350. The molecule has 1 heterocycles. The predicted octanol–water partition coefficient (Wildman–Crippen LogP) is 5.62. The second kappa shape index (κ2) is 9.45. The summed E-state index contributed by atoms with van der Waals surface area (Å²) in [5.74, 6) is -0.509. The third-order valence-electron chi connectivity index (χ3n) is 5.67. The molecule has 0 N–H and O–H groups in total. The van der Waals surface area contributed by atoms with Crippen molar-refractivity contribution >= 4 is 42.4 Å². The normalized spacial score (nSPS) is 11.6. The lowest BCUT2D eigenvalue weighted by Gasteiger charge is -2.20. The molecular weight excluding hydrogens is 452 g/mol. The molecule has 4 rings (SSSR count). The third kappa shape index (κ3) is 5.31. The fourth-order valence-corrected chi connectivity index (χ4v) is 5.82. The van der Waals surface area contributed by atoms with Crippen LogP contribution in [0, 0.1) is 20.8 Å². The molecule has 33 heavy (non-hydrogen) atoms. The van der Waals surface area contributed by atoms with Crippen LogP contribution in [0.15, 0.2) is 71.6 Å². The predicted molar refractivity (Wildman–Crippen MR) is 135 cm³/mol. The van der Waals surface area contributed by atoms with Crippen LogP contribution in [-0.2, 0) is 21.2 Å². The van der Waals surface area contributed by atoms with Gasteiger partial charge in [0.2, 0.25) is 5.91 Å². The van der Waals surface area contributed by atoms with E-state index in [0.29, 0.717) is 11.7 Å². The van der Waals surface area contributed by atoms with Crippen LogP contribution in [0.5, 0.6) is 0 Å². The summed E-state index contributed by atoms with van der Waals surface area (Å²) in [5, 5.41) is 0.580. The van der Waals surface area contributed by atoms with Crippen LogP contribution in [0.1, 0.15) is 28.7 Å². The lowest BCUT2D eigenvalue weighted by molar-refractivity contribution is -0.118. The number of carbonyl (C=O) groups is 1. The molecule has 4 aromatic rings. The van der Waals surface area contributed by atoms with E-state index in [1.807, 2.05) is 50.2 Å². The van der Waals surface area contributed by atoms with E-state index in [2.05, 4.69) is 13.0 Å². The van der Waals surface area contributed by atoms with Crippen LogP contribution in [0.3, 0.4) is 0 Å². The van der Waals surface area contributed by atoms with Crippen molar-refractivity contribution in [3.63, 3.8) is 0 Å². The maximum absolute atomic E-state index is 13.3. The molecule has 0 atom stereocenters. The monoisotopic (exact) mass is 478 g/mol. The maximum Gasteiger partial charge on any atom is 0.230 e. The number of hydrogen-bond acceptors (Lipinski definition) is 5. The van der Waals surface area contributed by atoms with Gasteiger partial charge in [-0.1, -0.05) is 59.4 Å².